The summed E-state index contributed by atoms with van der Waals surface area (Å²) in [7, 11) is 1.71. The molecule has 2 rings (SSSR count). The molecule has 2 N–H and O–H groups in total. The predicted octanol–water partition coefficient (Wildman–Crippen LogP) is 1.77. The number of carbonyl (C=O) groups is 1. The predicted molar refractivity (Wildman–Crippen MR) is 91.7 cm³/mol. The molecule has 0 aliphatic carbocycles. The number of hydrogen-bond acceptors (Lipinski definition) is 4. The minimum atomic E-state index is -0.882. The summed E-state index contributed by atoms with van der Waals surface area (Å²) in [6.07, 6.45) is 3.68. The van der Waals surface area contributed by atoms with E-state index in [2.05, 4.69) is 21.3 Å². The van der Waals surface area contributed by atoms with Crippen molar-refractivity contribution in [1.29, 1.82) is 0 Å². The number of hydrogen-bond donors (Lipinski definition) is 2. The first-order valence-corrected chi connectivity index (χ1v) is 8.16. The van der Waals surface area contributed by atoms with Crippen LogP contribution < -0.4 is 10.2 Å². The molecular formula is C17H28N4O2. The van der Waals surface area contributed by atoms with Crippen molar-refractivity contribution in [3.8, 4) is 0 Å². The molecule has 1 aromatic rings. The van der Waals surface area contributed by atoms with Crippen LogP contribution in [0.2, 0.25) is 0 Å². The summed E-state index contributed by atoms with van der Waals surface area (Å²) < 4.78 is 0. The molecule has 6 nitrogen and oxygen atoms in total. The average Bonchev–Trinajstić information content (AvgIpc) is 2.47. The molecule has 2 amide bonds. The summed E-state index contributed by atoms with van der Waals surface area (Å²) in [6.45, 7) is 7.51. The van der Waals surface area contributed by atoms with Gasteiger partial charge in [-0.25, -0.2) is 9.78 Å². The Balaban J connectivity index is 1.80. The molecular weight excluding hydrogens is 292 g/mol. The Hall–Kier alpha value is -1.82. The summed E-state index contributed by atoms with van der Waals surface area (Å²) in [5, 5.41) is 12.8. The van der Waals surface area contributed by atoms with E-state index in [1.807, 2.05) is 19.2 Å². The van der Waals surface area contributed by atoms with E-state index < -0.39 is 5.60 Å². The van der Waals surface area contributed by atoms with E-state index >= 15 is 0 Å². The lowest BCUT2D eigenvalue weighted by atomic mass is 10.1. The number of rotatable bonds is 4. The van der Waals surface area contributed by atoms with Crippen molar-refractivity contribution < 1.29 is 9.90 Å². The Kier molecular flexibility index (Phi) is 5.46. The van der Waals surface area contributed by atoms with Crippen LogP contribution >= 0.6 is 0 Å². The fourth-order valence-electron chi connectivity index (χ4n) is 2.84. The third-order valence-electron chi connectivity index (χ3n) is 4.01. The third kappa shape index (κ3) is 5.39. The van der Waals surface area contributed by atoms with E-state index in [4.69, 9.17) is 0 Å². The number of urea groups is 1. The molecule has 23 heavy (non-hydrogen) atoms. The highest BCUT2D eigenvalue weighted by Crippen LogP contribution is 2.18. The highest BCUT2D eigenvalue weighted by Gasteiger charge is 2.24. The van der Waals surface area contributed by atoms with Gasteiger partial charge in [-0.15, -0.1) is 0 Å². The molecule has 0 unspecified atom stereocenters. The number of anilines is 1. The molecule has 0 radical (unpaired) electrons. The van der Waals surface area contributed by atoms with Crippen LogP contribution in [-0.2, 0) is 0 Å². The topological polar surface area (TPSA) is 68.7 Å². The first-order valence-electron chi connectivity index (χ1n) is 8.16. The molecule has 0 spiro atoms. The fraction of sp³-hybridized carbons (Fsp3) is 0.647. The standard InChI is InChI=1S/C17H28N4O2/c1-13-5-6-15(18-11-13)21-9-7-14(8-10-21)19-16(22)20(4)12-17(2,3)23/h5-6,11,14,23H,7-10,12H2,1-4H3,(H,19,22). The SMILES string of the molecule is Cc1ccc(N2CCC(NC(=O)N(C)CC(C)(C)O)CC2)nc1. The first kappa shape index (κ1) is 17.5. The molecule has 0 aromatic carbocycles. The molecule has 1 saturated heterocycles. The van der Waals surface area contributed by atoms with Gasteiger partial charge in [-0.2, -0.15) is 0 Å². The van der Waals surface area contributed by atoms with Gasteiger partial charge in [-0.1, -0.05) is 6.07 Å². The smallest absolute Gasteiger partial charge is 0.317 e. The number of nitrogens with one attached hydrogen (secondary N) is 1. The Morgan fingerprint density at radius 3 is 2.61 bits per heavy atom. The number of nitrogens with zero attached hydrogens (tertiary/aromatic N) is 3. The number of aromatic nitrogens is 1. The van der Waals surface area contributed by atoms with Gasteiger partial charge in [0.2, 0.25) is 0 Å². The monoisotopic (exact) mass is 320 g/mol. The molecule has 1 aliphatic rings. The zero-order valence-corrected chi connectivity index (χ0v) is 14.5. The van der Waals surface area contributed by atoms with Gasteiger partial charge in [0.05, 0.1) is 12.1 Å². The van der Waals surface area contributed by atoms with E-state index in [0.717, 1.165) is 37.3 Å². The van der Waals surface area contributed by atoms with Crippen LogP contribution in [0, 0.1) is 6.92 Å². The van der Waals surface area contributed by atoms with Crippen LogP contribution in [-0.4, -0.2) is 59.3 Å². The summed E-state index contributed by atoms with van der Waals surface area (Å²) in [6, 6.07) is 4.17. The minimum Gasteiger partial charge on any atom is -0.389 e. The molecule has 1 aliphatic heterocycles. The normalized spacial score (nSPS) is 16.3. The van der Waals surface area contributed by atoms with Crippen molar-refractivity contribution in [2.75, 3.05) is 31.6 Å². The maximum atomic E-state index is 12.2. The average molecular weight is 320 g/mol. The fourth-order valence-corrected chi connectivity index (χ4v) is 2.84. The van der Waals surface area contributed by atoms with Crippen LogP contribution in [0.25, 0.3) is 0 Å². The second-order valence-corrected chi connectivity index (χ2v) is 7.07. The van der Waals surface area contributed by atoms with E-state index in [0.29, 0.717) is 6.54 Å². The van der Waals surface area contributed by atoms with Crippen molar-refractivity contribution in [1.82, 2.24) is 15.2 Å². The van der Waals surface area contributed by atoms with E-state index in [9.17, 15) is 9.90 Å². The van der Waals surface area contributed by atoms with Crippen molar-refractivity contribution >= 4 is 11.8 Å². The van der Waals surface area contributed by atoms with Crippen LogP contribution in [0.5, 0.6) is 0 Å². The van der Waals surface area contributed by atoms with Gasteiger partial charge in [0.15, 0.2) is 0 Å². The van der Waals surface area contributed by atoms with Gasteiger partial charge in [0.25, 0.3) is 0 Å². The van der Waals surface area contributed by atoms with Gasteiger partial charge in [0, 0.05) is 32.4 Å². The van der Waals surface area contributed by atoms with Gasteiger partial charge < -0.3 is 20.2 Å². The Bertz CT molecular complexity index is 516. The molecule has 0 bridgehead atoms. The lowest BCUT2D eigenvalue weighted by molar-refractivity contribution is 0.0526. The maximum absolute atomic E-state index is 12.2. The summed E-state index contributed by atoms with van der Waals surface area (Å²) >= 11 is 0. The maximum Gasteiger partial charge on any atom is 0.317 e. The zero-order chi connectivity index (χ0) is 17.0. The Morgan fingerprint density at radius 1 is 1.43 bits per heavy atom. The summed E-state index contributed by atoms with van der Waals surface area (Å²) in [5.41, 5.74) is 0.276. The second-order valence-electron chi connectivity index (χ2n) is 7.07. The van der Waals surface area contributed by atoms with Gasteiger partial charge >= 0.3 is 6.03 Å². The molecule has 0 atom stereocenters. The van der Waals surface area contributed by atoms with Crippen molar-refractivity contribution in [2.45, 2.75) is 45.3 Å². The first-order chi connectivity index (χ1) is 10.7. The van der Waals surface area contributed by atoms with E-state index in [1.165, 1.54) is 4.90 Å². The van der Waals surface area contributed by atoms with Gasteiger partial charge in [-0.05, 0) is 45.2 Å². The second kappa shape index (κ2) is 7.17. The van der Waals surface area contributed by atoms with Crippen LogP contribution in [0.3, 0.4) is 0 Å². The van der Waals surface area contributed by atoms with Crippen molar-refractivity contribution in [2.24, 2.45) is 0 Å². The molecule has 1 aromatic heterocycles. The van der Waals surface area contributed by atoms with Gasteiger partial charge in [-0.3, -0.25) is 0 Å². The Morgan fingerprint density at radius 2 is 2.09 bits per heavy atom. The highest BCUT2D eigenvalue weighted by atomic mass is 16.3. The van der Waals surface area contributed by atoms with Gasteiger partial charge in [0.1, 0.15) is 5.82 Å². The number of aryl methyl sites for hydroxylation is 1. The van der Waals surface area contributed by atoms with Crippen LogP contribution in [0.1, 0.15) is 32.3 Å². The number of aliphatic hydroxyl groups is 1. The van der Waals surface area contributed by atoms with Crippen molar-refractivity contribution in [3.05, 3.63) is 23.9 Å². The van der Waals surface area contributed by atoms with Crippen LogP contribution in [0.15, 0.2) is 18.3 Å². The molecule has 0 saturated carbocycles. The molecule has 6 heteroatoms. The number of likely N-dealkylation sites (N-methyl/N-ethyl adjacent to an activating group) is 1. The number of carbonyl (C=O) groups excluding carboxylic acids is 1. The summed E-state index contributed by atoms with van der Waals surface area (Å²) in [5.74, 6) is 1.000. The van der Waals surface area contributed by atoms with E-state index in [-0.39, 0.29) is 12.1 Å². The molecule has 128 valence electrons. The number of amides is 2. The van der Waals surface area contributed by atoms with E-state index in [1.54, 1.807) is 20.9 Å². The lowest BCUT2D eigenvalue weighted by Gasteiger charge is -2.34. The molecule has 2 heterocycles. The Labute approximate surface area is 138 Å². The van der Waals surface area contributed by atoms with Crippen LogP contribution in [0.4, 0.5) is 10.6 Å². The lowest BCUT2D eigenvalue weighted by Crippen LogP contribution is -2.50. The number of piperidine rings is 1. The quantitative estimate of drug-likeness (QED) is 0.887. The minimum absolute atomic E-state index is 0.126. The highest BCUT2D eigenvalue weighted by molar-refractivity contribution is 5.74. The third-order valence-corrected chi connectivity index (χ3v) is 4.01. The molecule has 1 fully saturated rings. The largest absolute Gasteiger partial charge is 0.389 e. The summed E-state index contributed by atoms with van der Waals surface area (Å²) in [4.78, 5) is 20.4. The zero-order valence-electron chi connectivity index (χ0n) is 14.5. The van der Waals surface area contributed by atoms with Crippen molar-refractivity contribution in [3.63, 3.8) is 0 Å². The number of pyridine rings is 1.